The molecule has 3 rings (SSSR count). The van der Waals surface area contributed by atoms with Crippen LogP contribution in [0.25, 0.3) is 5.69 Å². The van der Waals surface area contributed by atoms with Crippen molar-refractivity contribution in [2.75, 3.05) is 11.9 Å². The Kier molecular flexibility index (Phi) is 5.81. The van der Waals surface area contributed by atoms with Crippen LogP contribution in [0.15, 0.2) is 42.6 Å². The van der Waals surface area contributed by atoms with Crippen molar-refractivity contribution < 1.29 is 14.3 Å². The third-order valence-corrected chi connectivity index (χ3v) is 3.84. The number of nitrogens with zero attached hydrogens (tertiary/aromatic N) is 4. The summed E-state index contributed by atoms with van der Waals surface area (Å²) in [6.45, 7) is 1.50. The van der Waals surface area contributed by atoms with E-state index >= 15 is 0 Å². The predicted octanol–water partition coefficient (Wildman–Crippen LogP) is 2.22. The van der Waals surface area contributed by atoms with Gasteiger partial charge in [-0.1, -0.05) is 31.5 Å². The fraction of sp³-hybridized carbons (Fsp3) is 0.211. The zero-order valence-electron chi connectivity index (χ0n) is 15.2. The minimum absolute atomic E-state index is 0.114. The second kappa shape index (κ2) is 8.64. The number of carbonyl (C=O) groups is 2. The second-order valence-electron chi connectivity index (χ2n) is 5.92. The van der Waals surface area contributed by atoms with Gasteiger partial charge in [0, 0.05) is 5.69 Å². The number of esters is 1. The largest absolute Gasteiger partial charge is 0.451 e. The first kappa shape index (κ1) is 18.8. The lowest BCUT2D eigenvalue weighted by atomic mass is 10.2. The molecule has 1 amide bonds. The number of benzene rings is 1. The first-order valence-corrected chi connectivity index (χ1v) is 8.67. The lowest BCUT2D eigenvalue weighted by molar-refractivity contribution is -0.119. The predicted molar refractivity (Wildman–Crippen MR) is 99.8 cm³/mol. The Bertz CT molecular complexity index is 1020. The van der Waals surface area contributed by atoms with Crippen molar-refractivity contribution >= 4 is 17.7 Å². The maximum Gasteiger partial charge on any atom is 0.359 e. The van der Waals surface area contributed by atoms with Crippen molar-refractivity contribution in [2.24, 2.45) is 0 Å². The molecule has 0 aliphatic rings. The van der Waals surface area contributed by atoms with Gasteiger partial charge >= 0.3 is 5.97 Å². The number of anilines is 1. The van der Waals surface area contributed by atoms with Gasteiger partial charge in [-0.15, -0.1) is 0 Å². The van der Waals surface area contributed by atoms with Crippen LogP contribution in [-0.2, 0) is 16.0 Å². The van der Waals surface area contributed by atoms with E-state index in [2.05, 4.69) is 20.6 Å². The molecule has 0 fully saturated rings. The summed E-state index contributed by atoms with van der Waals surface area (Å²) < 4.78 is 6.44. The molecule has 9 heteroatoms. The highest BCUT2D eigenvalue weighted by atomic mass is 16.5. The average Bonchev–Trinajstić information content (AvgIpc) is 3.34. The van der Waals surface area contributed by atoms with Gasteiger partial charge in [-0.05, 0) is 24.6 Å². The number of carbonyl (C=O) groups excluding carboxylic acids is 2. The molecule has 0 saturated carbocycles. The molecular weight excluding hydrogens is 360 g/mol. The molecule has 0 atom stereocenters. The third-order valence-electron chi connectivity index (χ3n) is 3.84. The van der Waals surface area contributed by atoms with Crippen LogP contribution in [-0.4, -0.2) is 38.5 Å². The van der Waals surface area contributed by atoms with E-state index in [9.17, 15) is 14.9 Å². The summed E-state index contributed by atoms with van der Waals surface area (Å²) in [5.74, 6) is -1.09. The first-order chi connectivity index (χ1) is 13.6. The van der Waals surface area contributed by atoms with Gasteiger partial charge in [0.2, 0.25) is 0 Å². The highest BCUT2D eigenvalue weighted by molar-refractivity contribution is 5.95. The Labute approximate surface area is 160 Å². The topological polar surface area (TPSA) is 126 Å². The zero-order chi connectivity index (χ0) is 19.9. The summed E-state index contributed by atoms with van der Waals surface area (Å²) in [5, 5.41) is 22.6. The molecule has 0 radical (unpaired) electrons. The lowest BCUT2D eigenvalue weighted by Gasteiger charge is -2.09. The lowest BCUT2D eigenvalue weighted by Crippen LogP contribution is -2.23. The van der Waals surface area contributed by atoms with Crippen LogP contribution in [0.2, 0.25) is 0 Å². The second-order valence-corrected chi connectivity index (χ2v) is 5.92. The normalized spacial score (nSPS) is 10.3. The number of H-pyrrole nitrogens is 1. The van der Waals surface area contributed by atoms with Crippen LogP contribution in [0.3, 0.4) is 0 Å². The summed E-state index contributed by atoms with van der Waals surface area (Å²) >= 11 is 0. The van der Waals surface area contributed by atoms with Gasteiger partial charge in [0.25, 0.3) is 5.91 Å². The number of nitrogens with one attached hydrogen (secondary N) is 2. The first-order valence-electron chi connectivity index (χ1n) is 8.67. The summed E-state index contributed by atoms with van der Waals surface area (Å²) in [7, 11) is 0. The number of hydrogen-bond donors (Lipinski definition) is 2. The van der Waals surface area contributed by atoms with Crippen LogP contribution >= 0.6 is 0 Å². The molecule has 9 nitrogen and oxygen atoms in total. The number of rotatable bonds is 7. The van der Waals surface area contributed by atoms with Gasteiger partial charge in [0.1, 0.15) is 11.6 Å². The van der Waals surface area contributed by atoms with E-state index in [1.807, 2.05) is 31.2 Å². The fourth-order valence-electron chi connectivity index (χ4n) is 2.55. The summed E-state index contributed by atoms with van der Waals surface area (Å²) in [4.78, 5) is 24.3. The number of aromatic nitrogens is 4. The molecule has 0 bridgehead atoms. The monoisotopic (exact) mass is 378 g/mol. The Morgan fingerprint density at radius 2 is 2.11 bits per heavy atom. The molecule has 0 spiro atoms. The molecule has 28 heavy (non-hydrogen) atoms. The van der Waals surface area contributed by atoms with Crippen LogP contribution in [0.5, 0.6) is 0 Å². The van der Waals surface area contributed by atoms with Crippen LogP contribution in [0.1, 0.15) is 35.1 Å². The van der Waals surface area contributed by atoms with Crippen molar-refractivity contribution in [1.29, 1.82) is 5.26 Å². The van der Waals surface area contributed by atoms with E-state index in [-0.39, 0.29) is 17.1 Å². The van der Waals surface area contributed by atoms with Crippen molar-refractivity contribution in [3.63, 3.8) is 0 Å². The molecule has 1 aromatic carbocycles. The number of ether oxygens (including phenoxy) is 1. The molecule has 2 N–H and O–H groups in total. The van der Waals surface area contributed by atoms with Gasteiger partial charge in [0.15, 0.2) is 18.1 Å². The number of aryl methyl sites for hydroxylation is 1. The van der Waals surface area contributed by atoms with Crippen molar-refractivity contribution in [3.05, 3.63) is 59.5 Å². The summed E-state index contributed by atoms with van der Waals surface area (Å²) in [6.07, 6.45) is 3.03. The van der Waals surface area contributed by atoms with Gasteiger partial charge in [0.05, 0.1) is 11.9 Å². The Morgan fingerprint density at radius 1 is 1.32 bits per heavy atom. The van der Waals surface area contributed by atoms with E-state index < -0.39 is 18.5 Å². The highest BCUT2D eigenvalue weighted by Gasteiger charge is 2.18. The van der Waals surface area contributed by atoms with Crippen molar-refractivity contribution in [3.8, 4) is 11.8 Å². The van der Waals surface area contributed by atoms with Crippen LogP contribution in [0, 0.1) is 11.3 Å². The zero-order valence-corrected chi connectivity index (χ0v) is 15.2. The van der Waals surface area contributed by atoms with Crippen molar-refractivity contribution in [2.45, 2.75) is 19.8 Å². The molecule has 142 valence electrons. The highest BCUT2D eigenvalue weighted by Crippen LogP contribution is 2.19. The van der Waals surface area contributed by atoms with Gasteiger partial charge < -0.3 is 10.1 Å². The number of hydrogen-bond acceptors (Lipinski definition) is 6. The van der Waals surface area contributed by atoms with E-state index in [1.165, 1.54) is 10.9 Å². The fourth-order valence-corrected chi connectivity index (χ4v) is 2.55. The maximum absolute atomic E-state index is 12.2. The minimum atomic E-state index is -0.703. The minimum Gasteiger partial charge on any atom is -0.451 e. The smallest absolute Gasteiger partial charge is 0.359 e. The van der Waals surface area contributed by atoms with E-state index in [1.54, 1.807) is 18.2 Å². The quantitative estimate of drug-likeness (QED) is 0.607. The standard InChI is InChI=1S/C19H18N6O3/c1-2-6-14-9-16(24-23-14)19(27)28-12-17(26)22-18-13(10-20)11-21-25(18)15-7-4-3-5-8-15/h3-5,7-9,11H,2,6,12H2,1H3,(H,22,26)(H,23,24). The van der Waals surface area contributed by atoms with E-state index in [0.29, 0.717) is 5.69 Å². The molecule has 0 aliphatic heterocycles. The number of aromatic amines is 1. The number of amides is 1. The molecule has 2 aromatic heterocycles. The molecule has 0 saturated heterocycles. The summed E-state index contributed by atoms with van der Waals surface area (Å²) in [5.41, 5.74) is 1.81. The van der Waals surface area contributed by atoms with Crippen LogP contribution < -0.4 is 5.32 Å². The molecule has 0 unspecified atom stereocenters. The van der Waals surface area contributed by atoms with Gasteiger partial charge in [-0.3, -0.25) is 9.89 Å². The molecule has 0 aliphatic carbocycles. The molecule has 3 aromatic rings. The average molecular weight is 378 g/mol. The van der Waals surface area contributed by atoms with Gasteiger partial charge in [-0.2, -0.15) is 15.5 Å². The molecular formula is C19H18N6O3. The maximum atomic E-state index is 12.2. The van der Waals surface area contributed by atoms with Gasteiger partial charge in [-0.25, -0.2) is 9.48 Å². The van der Waals surface area contributed by atoms with E-state index in [4.69, 9.17) is 4.74 Å². The Morgan fingerprint density at radius 3 is 2.82 bits per heavy atom. The number of para-hydroxylation sites is 1. The Balaban J connectivity index is 1.66. The number of nitriles is 1. The Hall–Kier alpha value is -3.93. The molecule has 2 heterocycles. The van der Waals surface area contributed by atoms with Crippen molar-refractivity contribution in [1.82, 2.24) is 20.0 Å². The van der Waals surface area contributed by atoms with Crippen LogP contribution in [0.4, 0.5) is 5.82 Å². The summed E-state index contributed by atoms with van der Waals surface area (Å²) in [6, 6.07) is 12.6. The third kappa shape index (κ3) is 4.24. The SMILES string of the molecule is CCCc1cc(C(=O)OCC(=O)Nc2c(C#N)cnn2-c2ccccc2)n[nH]1. The van der Waals surface area contributed by atoms with E-state index in [0.717, 1.165) is 18.5 Å².